The van der Waals surface area contributed by atoms with Gasteiger partial charge in [0, 0.05) is 45.5 Å². The highest BCUT2D eigenvalue weighted by Gasteiger charge is 2.55. The highest BCUT2D eigenvalue weighted by atomic mass is 16.5. The van der Waals surface area contributed by atoms with E-state index in [4.69, 9.17) is 4.74 Å². The normalized spacial score (nSPS) is 28.9. The van der Waals surface area contributed by atoms with Crippen LogP contribution in [0.1, 0.15) is 109 Å². The zero-order chi connectivity index (χ0) is 30.2. The standard InChI is InChI=1S/C38H47N3O/c1-15-17(3)21(7)33-27(19(15)5)31-29-25(11)39(14)26(12)30(29)32-28-20(6)16(2)18(4)22(8)34(28)41-36(32)35(31)40(33)37-23(9)24(10)38(41,13)42-37/h23-26,37H,1-14H3. The van der Waals surface area contributed by atoms with E-state index in [0.717, 1.165) is 0 Å². The van der Waals surface area contributed by atoms with Gasteiger partial charge in [-0.1, -0.05) is 13.8 Å². The maximum absolute atomic E-state index is 7.48. The molecule has 0 aliphatic carbocycles. The fourth-order valence-corrected chi connectivity index (χ4v) is 9.77. The first-order chi connectivity index (χ1) is 19.7. The highest BCUT2D eigenvalue weighted by Crippen LogP contribution is 2.61. The fourth-order valence-electron chi connectivity index (χ4n) is 9.77. The summed E-state index contributed by atoms with van der Waals surface area (Å²) >= 11 is 0. The predicted molar refractivity (Wildman–Crippen MR) is 177 cm³/mol. The number of ether oxygens (including phenoxy) is 1. The van der Waals surface area contributed by atoms with E-state index in [1.807, 2.05) is 0 Å². The van der Waals surface area contributed by atoms with E-state index in [-0.39, 0.29) is 6.23 Å². The molecule has 3 aliphatic rings. The Balaban J connectivity index is 1.85. The van der Waals surface area contributed by atoms with E-state index in [9.17, 15) is 0 Å². The van der Waals surface area contributed by atoms with Crippen molar-refractivity contribution < 1.29 is 4.74 Å². The fraction of sp³-hybridized carbons (Fsp3) is 0.526. The van der Waals surface area contributed by atoms with Crippen molar-refractivity contribution in [2.75, 3.05) is 7.05 Å². The highest BCUT2D eigenvalue weighted by molar-refractivity contribution is 6.27. The maximum Gasteiger partial charge on any atom is 0.148 e. The second kappa shape index (κ2) is 7.81. The van der Waals surface area contributed by atoms with Crippen molar-refractivity contribution in [3.05, 3.63) is 55.6 Å². The molecule has 220 valence electrons. The monoisotopic (exact) mass is 561 g/mol. The van der Waals surface area contributed by atoms with Crippen molar-refractivity contribution >= 4 is 43.6 Å². The number of nitrogens with zero attached hydrogens (tertiary/aromatic N) is 3. The third kappa shape index (κ3) is 2.55. The average molecular weight is 562 g/mol. The van der Waals surface area contributed by atoms with E-state index in [2.05, 4.69) is 111 Å². The minimum atomic E-state index is -0.447. The van der Waals surface area contributed by atoms with Crippen molar-refractivity contribution in [2.45, 2.75) is 114 Å². The van der Waals surface area contributed by atoms with Crippen molar-refractivity contribution in [2.24, 2.45) is 11.8 Å². The molecule has 8 rings (SSSR count). The molecule has 0 saturated carbocycles. The van der Waals surface area contributed by atoms with Crippen LogP contribution < -0.4 is 0 Å². The molecule has 4 nitrogen and oxygen atoms in total. The third-order valence-corrected chi connectivity index (χ3v) is 13.5. The van der Waals surface area contributed by atoms with Gasteiger partial charge in [-0.3, -0.25) is 4.90 Å². The lowest BCUT2D eigenvalue weighted by Gasteiger charge is -2.33. The van der Waals surface area contributed by atoms with Crippen LogP contribution in [-0.4, -0.2) is 21.1 Å². The molecule has 6 atom stereocenters. The zero-order valence-electron chi connectivity index (χ0n) is 28.1. The summed E-state index contributed by atoms with van der Waals surface area (Å²) in [4.78, 5) is 2.60. The lowest BCUT2D eigenvalue weighted by molar-refractivity contribution is -0.116. The van der Waals surface area contributed by atoms with E-state index in [1.165, 1.54) is 88.1 Å². The molecule has 0 amide bonds. The molecule has 2 bridgehead atoms. The molecule has 2 aromatic heterocycles. The number of benzene rings is 3. The molecule has 0 spiro atoms. The molecular weight excluding hydrogens is 514 g/mol. The van der Waals surface area contributed by atoms with Crippen LogP contribution in [0, 0.1) is 67.2 Å². The van der Waals surface area contributed by atoms with Crippen LogP contribution in [-0.2, 0) is 10.5 Å². The first-order valence-corrected chi connectivity index (χ1v) is 16.1. The lowest BCUT2D eigenvalue weighted by Crippen LogP contribution is -2.35. The quantitative estimate of drug-likeness (QED) is 0.188. The molecule has 6 unspecified atom stereocenters. The Morgan fingerprint density at radius 3 is 1.55 bits per heavy atom. The van der Waals surface area contributed by atoms with Gasteiger partial charge >= 0.3 is 0 Å². The smallest absolute Gasteiger partial charge is 0.148 e. The molecule has 4 heteroatoms. The summed E-state index contributed by atoms with van der Waals surface area (Å²) in [6.07, 6.45) is -0.0128. The van der Waals surface area contributed by atoms with Crippen LogP contribution in [0.15, 0.2) is 0 Å². The maximum atomic E-state index is 7.48. The number of fused-ring (bicyclic) bond motifs is 13. The summed E-state index contributed by atoms with van der Waals surface area (Å²) in [7, 11) is 2.33. The summed E-state index contributed by atoms with van der Waals surface area (Å²) in [5.41, 5.74) is 19.5. The minimum absolute atomic E-state index is 0.0128. The predicted octanol–water partition coefficient (Wildman–Crippen LogP) is 9.92. The van der Waals surface area contributed by atoms with Crippen LogP contribution in [0.25, 0.3) is 43.6 Å². The Bertz CT molecular complexity index is 2110. The van der Waals surface area contributed by atoms with Crippen LogP contribution in [0.2, 0.25) is 0 Å². The molecule has 1 fully saturated rings. The molecule has 0 N–H and O–H groups in total. The van der Waals surface area contributed by atoms with Crippen molar-refractivity contribution in [3.63, 3.8) is 0 Å². The largest absolute Gasteiger partial charge is 0.332 e. The van der Waals surface area contributed by atoms with Gasteiger partial charge in [-0.15, -0.1) is 0 Å². The van der Waals surface area contributed by atoms with Gasteiger partial charge in [0.05, 0.1) is 22.1 Å². The topological polar surface area (TPSA) is 22.3 Å². The van der Waals surface area contributed by atoms with Gasteiger partial charge in [-0.2, -0.15) is 0 Å². The molecule has 1 saturated heterocycles. The number of hydrogen-bond donors (Lipinski definition) is 0. The number of hydrogen-bond acceptors (Lipinski definition) is 2. The van der Waals surface area contributed by atoms with Crippen molar-refractivity contribution in [1.82, 2.24) is 14.0 Å². The van der Waals surface area contributed by atoms with Crippen LogP contribution >= 0.6 is 0 Å². The summed E-state index contributed by atoms with van der Waals surface area (Å²) in [5.74, 6) is 0.722. The second-order valence-corrected chi connectivity index (χ2v) is 14.7. The van der Waals surface area contributed by atoms with Crippen molar-refractivity contribution in [1.29, 1.82) is 0 Å². The summed E-state index contributed by atoms with van der Waals surface area (Å²) in [6.45, 7) is 30.8. The molecule has 3 aromatic carbocycles. The Kier molecular flexibility index (Phi) is 4.98. The Morgan fingerprint density at radius 1 is 0.548 bits per heavy atom. The van der Waals surface area contributed by atoms with Gasteiger partial charge in [0.25, 0.3) is 0 Å². The number of aromatic nitrogens is 2. The first-order valence-electron chi connectivity index (χ1n) is 16.1. The molecule has 42 heavy (non-hydrogen) atoms. The Hall–Kier alpha value is -2.82. The van der Waals surface area contributed by atoms with E-state index in [1.54, 1.807) is 11.1 Å². The Morgan fingerprint density at radius 2 is 1.00 bits per heavy atom. The van der Waals surface area contributed by atoms with Crippen LogP contribution in [0.3, 0.4) is 0 Å². The van der Waals surface area contributed by atoms with Crippen LogP contribution in [0.5, 0.6) is 0 Å². The second-order valence-electron chi connectivity index (χ2n) is 14.7. The Labute approximate surface area is 250 Å². The molecule has 5 aromatic rings. The summed E-state index contributed by atoms with van der Waals surface area (Å²) in [6, 6.07) is 0.663. The molecule has 0 radical (unpaired) electrons. The van der Waals surface area contributed by atoms with E-state index < -0.39 is 5.72 Å². The molecule has 3 aliphatic heterocycles. The first kappa shape index (κ1) is 26.8. The third-order valence-electron chi connectivity index (χ3n) is 13.5. The van der Waals surface area contributed by atoms with Gasteiger partial charge in [0.15, 0.2) is 0 Å². The summed E-state index contributed by atoms with van der Waals surface area (Å²) in [5, 5.41) is 5.86. The van der Waals surface area contributed by atoms with Gasteiger partial charge in [0.2, 0.25) is 0 Å². The van der Waals surface area contributed by atoms with E-state index >= 15 is 0 Å². The van der Waals surface area contributed by atoms with Gasteiger partial charge in [-0.05, 0) is 139 Å². The lowest BCUT2D eigenvalue weighted by atomic mass is 9.87. The van der Waals surface area contributed by atoms with Gasteiger partial charge in [-0.25, -0.2) is 0 Å². The molecule has 5 heterocycles. The van der Waals surface area contributed by atoms with Gasteiger partial charge < -0.3 is 13.9 Å². The average Bonchev–Trinajstić information content (AvgIpc) is 3.60. The van der Waals surface area contributed by atoms with Crippen molar-refractivity contribution in [3.8, 4) is 0 Å². The van der Waals surface area contributed by atoms with Gasteiger partial charge in [0.1, 0.15) is 12.0 Å². The number of rotatable bonds is 0. The SMILES string of the molecule is Cc1c(C)c(C)c2c(c1C)c1c3c(c4c5c(C)c(C)c(C)c(C)c5n5c4c1n2C1OC5(C)C(C)C1C)C(C)N(C)C3C. The molecular formula is C38H47N3O. The number of aryl methyl sites for hydroxylation is 4. The van der Waals surface area contributed by atoms with E-state index in [0.29, 0.717) is 23.9 Å². The summed E-state index contributed by atoms with van der Waals surface area (Å²) < 4.78 is 12.9. The van der Waals surface area contributed by atoms with Crippen LogP contribution in [0.4, 0.5) is 0 Å². The zero-order valence-corrected chi connectivity index (χ0v) is 28.1. The minimum Gasteiger partial charge on any atom is -0.332 e.